The van der Waals surface area contributed by atoms with Crippen molar-refractivity contribution in [2.75, 3.05) is 0 Å². The van der Waals surface area contributed by atoms with Crippen LogP contribution in [0.5, 0.6) is 0 Å². The fraction of sp³-hybridized carbons (Fsp3) is 0. The summed E-state index contributed by atoms with van der Waals surface area (Å²) in [6, 6.07) is 0. The molecule has 0 amide bonds. The van der Waals surface area contributed by atoms with Gasteiger partial charge in [-0.3, -0.25) is 0 Å². The Morgan fingerprint density at radius 1 is 0.167 bits per heavy atom. The second-order valence-electron chi connectivity index (χ2n) is 0. The number of hydrogen-bond donors (Lipinski definition) is 0. The molecule has 0 fully saturated rings. The van der Waals surface area contributed by atoms with Crippen molar-refractivity contribution in [3.05, 3.63) is 78.9 Å². The summed E-state index contributed by atoms with van der Waals surface area (Å²) in [5.41, 5.74) is 0. The van der Waals surface area contributed by atoms with E-state index in [4.69, 9.17) is 142 Å². The number of hydrogen-bond acceptors (Lipinski definition) is 12. The molecule has 0 spiro atoms. The van der Waals surface area contributed by atoms with Gasteiger partial charge in [-0.1, -0.05) is 0 Å². The van der Waals surface area contributed by atoms with E-state index in [2.05, 4.69) is 0 Å². The van der Waals surface area contributed by atoms with Gasteiger partial charge in [0, 0.05) is 0 Å². The van der Waals surface area contributed by atoms with Crippen LogP contribution in [0, 0.1) is 142 Å². The van der Waals surface area contributed by atoms with Crippen molar-refractivity contribution in [2.45, 2.75) is 0 Å². The summed E-state index contributed by atoms with van der Waals surface area (Å²) >= 11 is 0. The first-order chi connectivity index (χ1) is 12.0. The maximum atomic E-state index is 6.25. The van der Waals surface area contributed by atoms with Crippen molar-refractivity contribution in [3.63, 3.8) is 0 Å². The molecule has 168 valence electrons. The van der Waals surface area contributed by atoms with Gasteiger partial charge in [0.25, 0.3) is 0 Å². The van der Waals surface area contributed by atoms with Crippen LogP contribution in [-0.2, 0) is 124 Å². The first-order valence-corrected chi connectivity index (χ1v) is 2.68. The molecule has 0 aromatic carbocycles. The molecule has 0 heterocycles. The first kappa shape index (κ1) is 206. The minimum atomic E-state index is 0. The zero-order valence-corrected chi connectivity index (χ0v) is 21.4. The van der Waals surface area contributed by atoms with Gasteiger partial charge in [0.15, 0.2) is 0 Å². The Kier molecular flexibility index (Phi) is 27600. The normalized spacial score (nSPS) is 0.800. The van der Waals surface area contributed by atoms with E-state index in [1.807, 2.05) is 0 Å². The SMILES string of the molecule is [Ag+].[Ag+].[Ag+].[Ag+].[C-]#N.[C-]#N.[C-]#N.[C-]#N.[C-]#N.[C-]#N.[C-]#N.[C-]#N.[C-]#N.[C-]#N.[C-]#N.[C-]#N.[Fe+4].[Fe+4]. The van der Waals surface area contributed by atoms with Gasteiger partial charge >= 0.3 is 124 Å². The fourth-order valence-electron chi connectivity index (χ4n) is 0. The molecular weight excluding hydrogens is 855 g/mol. The maximum Gasteiger partial charge on any atom is 4.00 e. The minimum Gasteiger partial charge on any atom is -0.512 e. The van der Waals surface area contributed by atoms with E-state index in [1.54, 1.807) is 0 Å². The van der Waals surface area contributed by atoms with Crippen molar-refractivity contribution in [3.8, 4) is 0 Å². The standard InChI is InChI=1S/12CN.4Ag.2Fe/c12*1-2;;;;;;/q12*-1;4*+1;2*+4. The van der Waals surface area contributed by atoms with Crippen LogP contribution in [0.1, 0.15) is 0 Å². The Labute approximate surface area is 262 Å². The molecule has 0 saturated heterocycles. The molecule has 0 atom stereocenters. The third kappa shape index (κ3) is 3560. The van der Waals surface area contributed by atoms with Crippen molar-refractivity contribution >= 4 is 0 Å². The molecule has 0 unspecified atom stereocenters. The second-order valence-corrected chi connectivity index (χ2v) is 0. The van der Waals surface area contributed by atoms with Crippen LogP contribution in [0.3, 0.4) is 0 Å². The van der Waals surface area contributed by atoms with Gasteiger partial charge in [-0.15, -0.1) is 0 Å². The predicted octanol–water partition coefficient (Wildman–Crippen LogP) is 1.14. The zero-order chi connectivity index (χ0) is 24.0. The Bertz CT molecular complexity index is 237. The zero-order valence-electron chi connectivity index (χ0n) is 13.3. The Hall–Kier alpha value is -2.12. The minimum absolute atomic E-state index is 0. The first-order valence-electron chi connectivity index (χ1n) is 2.68. The molecule has 0 aliphatic carbocycles. The molecule has 0 aliphatic heterocycles. The maximum absolute atomic E-state index is 6.25. The van der Waals surface area contributed by atoms with Gasteiger partial charge in [-0.2, -0.15) is 0 Å². The Morgan fingerprint density at radius 3 is 0.167 bits per heavy atom. The number of nitrogens with zero attached hydrogens (tertiary/aromatic N) is 12. The van der Waals surface area contributed by atoms with Gasteiger partial charge in [-0.25, -0.2) is 0 Å². The molecule has 18 heteroatoms. The Balaban J connectivity index is -0.00000000321. The van der Waals surface area contributed by atoms with Crippen LogP contribution in [0.25, 0.3) is 0 Å². The summed E-state index contributed by atoms with van der Waals surface area (Å²) < 4.78 is 0. The van der Waals surface area contributed by atoms with Gasteiger partial charge in [0.05, 0.1) is 0 Å². The van der Waals surface area contributed by atoms with E-state index in [9.17, 15) is 0 Å². The molecule has 12 nitrogen and oxygen atoms in total. The molecule has 0 aliphatic rings. The van der Waals surface area contributed by atoms with E-state index in [0.717, 1.165) is 0 Å². The average molecular weight is 855 g/mol. The van der Waals surface area contributed by atoms with Gasteiger partial charge in [0.1, 0.15) is 0 Å². The summed E-state index contributed by atoms with van der Waals surface area (Å²) in [4.78, 5) is 0. The van der Waals surface area contributed by atoms with Crippen molar-refractivity contribution < 1.29 is 124 Å². The van der Waals surface area contributed by atoms with Crippen LogP contribution in [0.15, 0.2) is 0 Å². The molecule has 0 aromatic heterocycles. The predicted molar refractivity (Wildman–Crippen MR) is 59.6 cm³/mol. The summed E-state index contributed by atoms with van der Waals surface area (Å²) in [6.45, 7) is 57.0. The fourth-order valence-corrected chi connectivity index (χ4v) is 0. The largest absolute Gasteiger partial charge is 4.00 e. The third-order valence-electron chi connectivity index (χ3n) is 0. The second kappa shape index (κ2) is 4010. The molecule has 0 radical (unpaired) electrons. The van der Waals surface area contributed by atoms with Crippen LogP contribution < -0.4 is 0 Å². The molecule has 0 aromatic rings. The molecule has 0 N–H and O–H groups in total. The van der Waals surface area contributed by atoms with E-state index >= 15 is 0 Å². The topological polar surface area (TPSA) is 285 Å². The van der Waals surface area contributed by atoms with Crippen LogP contribution in [0.4, 0.5) is 0 Å². The van der Waals surface area contributed by atoms with E-state index < -0.39 is 0 Å². The summed E-state index contributed by atoms with van der Waals surface area (Å²) in [5, 5.41) is 75.0. The van der Waals surface area contributed by atoms with Gasteiger partial charge in [-0.05, 0) is 0 Å². The van der Waals surface area contributed by atoms with E-state index in [1.165, 1.54) is 0 Å². The van der Waals surface area contributed by atoms with Gasteiger partial charge in [0.2, 0.25) is 0 Å². The molecular formula is C12Ag4Fe2N12. The number of rotatable bonds is 0. The van der Waals surface area contributed by atoms with Crippen molar-refractivity contribution in [1.29, 1.82) is 63.1 Å². The molecule has 0 saturated carbocycles. The molecule has 30 heavy (non-hydrogen) atoms. The summed E-state index contributed by atoms with van der Waals surface area (Å²) in [6.07, 6.45) is 0. The van der Waals surface area contributed by atoms with Crippen molar-refractivity contribution in [1.82, 2.24) is 0 Å². The van der Waals surface area contributed by atoms with E-state index in [0.29, 0.717) is 0 Å². The van der Waals surface area contributed by atoms with Crippen LogP contribution in [-0.4, -0.2) is 0 Å². The van der Waals surface area contributed by atoms with Crippen LogP contribution >= 0.6 is 0 Å². The third-order valence-corrected chi connectivity index (χ3v) is 0. The summed E-state index contributed by atoms with van der Waals surface area (Å²) in [7, 11) is 0. The quantitative estimate of drug-likeness (QED) is 0.245. The van der Waals surface area contributed by atoms with Crippen molar-refractivity contribution in [2.24, 2.45) is 0 Å². The Morgan fingerprint density at radius 2 is 0.167 bits per heavy atom. The monoisotopic (exact) mass is 852 g/mol. The van der Waals surface area contributed by atoms with Gasteiger partial charge < -0.3 is 142 Å². The molecule has 0 bridgehead atoms. The average Bonchev–Trinajstić information content (AvgIpc) is 2.84. The molecule has 0 rings (SSSR count). The van der Waals surface area contributed by atoms with Crippen LogP contribution in [0.2, 0.25) is 0 Å². The summed E-state index contributed by atoms with van der Waals surface area (Å²) in [5.74, 6) is 0. The smallest absolute Gasteiger partial charge is 0.512 e. The van der Waals surface area contributed by atoms with E-state index in [-0.39, 0.29) is 124 Å².